The van der Waals surface area contributed by atoms with Crippen LogP contribution in [0.25, 0.3) is 0 Å². The summed E-state index contributed by atoms with van der Waals surface area (Å²) in [4.78, 5) is 15.0. The monoisotopic (exact) mass is 376 g/mol. The summed E-state index contributed by atoms with van der Waals surface area (Å²) < 4.78 is 11.3. The Morgan fingerprint density at radius 2 is 2.07 bits per heavy atom. The average Bonchev–Trinajstić information content (AvgIpc) is 2.67. The molecule has 1 aromatic rings. The van der Waals surface area contributed by atoms with E-state index in [0.717, 1.165) is 36.7 Å². The van der Waals surface area contributed by atoms with Crippen molar-refractivity contribution in [2.45, 2.75) is 58.5 Å². The second kappa shape index (κ2) is 10.7. The highest BCUT2D eigenvalue weighted by Gasteiger charge is 2.32. The Bertz CT molecular complexity index is 575. The average molecular weight is 377 g/mol. The Balaban J connectivity index is 1.79. The lowest BCUT2D eigenvalue weighted by molar-refractivity contribution is -0.136. The summed E-state index contributed by atoms with van der Waals surface area (Å²) in [5.74, 6) is 1.52. The summed E-state index contributed by atoms with van der Waals surface area (Å²) in [6, 6.07) is 7.58. The highest BCUT2D eigenvalue weighted by molar-refractivity contribution is 5.97. The van der Waals surface area contributed by atoms with Gasteiger partial charge in [0, 0.05) is 25.9 Å². The molecule has 1 amide bonds. The number of rotatable bonds is 10. The lowest BCUT2D eigenvalue weighted by Gasteiger charge is -2.30. The maximum absolute atomic E-state index is 12.6. The molecule has 0 unspecified atom stereocenters. The molecular formula is C22H36N2O3. The fourth-order valence-corrected chi connectivity index (χ4v) is 3.50. The van der Waals surface area contributed by atoms with E-state index < -0.39 is 5.60 Å². The molecule has 1 N–H and O–H groups in total. The van der Waals surface area contributed by atoms with E-state index in [-0.39, 0.29) is 5.91 Å². The van der Waals surface area contributed by atoms with Crippen LogP contribution in [0.5, 0.6) is 5.75 Å². The van der Waals surface area contributed by atoms with Crippen molar-refractivity contribution in [3.05, 3.63) is 24.3 Å². The van der Waals surface area contributed by atoms with Crippen molar-refractivity contribution in [1.29, 1.82) is 0 Å². The molecule has 1 aliphatic heterocycles. The lowest BCUT2D eigenvalue weighted by atomic mass is 9.97. The summed E-state index contributed by atoms with van der Waals surface area (Å²) in [6.45, 7) is 10.3. The Morgan fingerprint density at radius 3 is 2.70 bits per heavy atom. The molecule has 2 atom stereocenters. The predicted octanol–water partition coefficient (Wildman–Crippen LogP) is 4.33. The van der Waals surface area contributed by atoms with Crippen LogP contribution in [0.1, 0.15) is 52.9 Å². The highest BCUT2D eigenvalue weighted by Crippen LogP contribution is 2.22. The minimum Gasteiger partial charge on any atom is -0.492 e. The molecule has 27 heavy (non-hydrogen) atoms. The minimum atomic E-state index is -0.795. The Labute approximate surface area is 164 Å². The minimum absolute atomic E-state index is 0.105. The Hall–Kier alpha value is -1.59. The fourth-order valence-electron chi connectivity index (χ4n) is 3.50. The van der Waals surface area contributed by atoms with Crippen LogP contribution in [-0.4, -0.2) is 49.8 Å². The van der Waals surface area contributed by atoms with E-state index in [1.54, 1.807) is 7.11 Å². The topological polar surface area (TPSA) is 50.8 Å². The summed E-state index contributed by atoms with van der Waals surface area (Å²) in [7, 11) is 1.59. The number of nitrogens with zero attached hydrogens (tertiary/aromatic N) is 1. The number of hydrogen-bond donors (Lipinski definition) is 1. The van der Waals surface area contributed by atoms with Crippen LogP contribution >= 0.6 is 0 Å². The molecular weight excluding hydrogens is 340 g/mol. The maximum Gasteiger partial charge on any atom is 0.256 e. The standard InChI is InChI=1S/C22H36N2O3/c1-5-6-13-22(3,26-4)21(25)23-19-9-11-20(12-10-19)27-16-15-24-14-7-8-18(2)17-24/h9-12,18H,5-8,13-17H2,1-4H3,(H,23,25)/t18-,22+/m1/s1. The molecule has 1 saturated heterocycles. The van der Waals surface area contributed by atoms with E-state index >= 15 is 0 Å². The van der Waals surface area contributed by atoms with Gasteiger partial charge in [0.15, 0.2) is 0 Å². The van der Waals surface area contributed by atoms with Gasteiger partial charge in [0.1, 0.15) is 18.0 Å². The summed E-state index contributed by atoms with van der Waals surface area (Å²) in [6.07, 6.45) is 5.33. The van der Waals surface area contributed by atoms with E-state index in [2.05, 4.69) is 24.1 Å². The number of carbonyl (C=O) groups excluding carboxylic acids is 1. The number of benzene rings is 1. The highest BCUT2D eigenvalue weighted by atomic mass is 16.5. The number of unbranched alkanes of at least 4 members (excludes halogenated alkanes) is 1. The molecule has 1 fully saturated rings. The van der Waals surface area contributed by atoms with Crippen molar-refractivity contribution in [1.82, 2.24) is 4.90 Å². The number of methoxy groups -OCH3 is 1. The predicted molar refractivity (Wildman–Crippen MR) is 110 cm³/mol. The number of nitrogens with one attached hydrogen (secondary N) is 1. The summed E-state index contributed by atoms with van der Waals surface area (Å²) in [5.41, 5.74) is -0.0338. The summed E-state index contributed by atoms with van der Waals surface area (Å²) >= 11 is 0. The first-order valence-electron chi connectivity index (χ1n) is 10.3. The third kappa shape index (κ3) is 6.82. The number of anilines is 1. The zero-order valence-corrected chi connectivity index (χ0v) is 17.4. The van der Waals surface area contributed by atoms with Gasteiger partial charge in [0.2, 0.25) is 0 Å². The van der Waals surface area contributed by atoms with E-state index in [9.17, 15) is 4.79 Å². The number of likely N-dealkylation sites (tertiary alicyclic amines) is 1. The zero-order valence-electron chi connectivity index (χ0n) is 17.4. The van der Waals surface area contributed by atoms with Crippen molar-refractivity contribution in [2.75, 3.05) is 38.7 Å². The number of hydrogen-bond acceptors (Lipinski definition) is 4. The first kappa shape index (κ1) is 21.7. The van der Waals surface area contributed by atoms with Crippen molar-refractivity contribution in [2.24, 2.45) is 5.92 Å². The third-order valence-corrected chi connectivity index (χ3v) is 5.47. The van der Waals surface area contributed by atoms with Gasteiger partial charge in [-0.15, -0.1) is 0 Å². The van der Waals surface area contributed by atoms with Crippen molar-refractivity contribution in [3.8, 4) is 5.75 Å². The van der Waals surface area contributed by atoms with Crippen LogP contribution in [0.2, 0.25) is 0 Å². The first-order chi connectivity index (χ1) is 13.0. The SMILES string of the molecule is CCCC[C@](C)(OC)C(=O)Nc1ccc(OCCN2CCC[C@@H](C)C2)cc1. The maximum atomic E-state index is 12.6. The van der Waals surface area contributed by atoms with E-state index in [0.29, 0.717) is 13.0 Å². The van der Waals surface area contributed by atoms with E-state index in [4.69, 9.17) is 9.47 Å². The molecule has 1 aliphatic rings. The normalized spacial score (nSPS) is 20.1. The second-order valence-electron chi connectivity index (χ2n) is 7.91. The molecule has 0 aliphatic carbocycles. The molecule has 2 rings (SSSR count). The van der Waals surface area contributed by atoms with Crippen molar-refractivity contribution >= 4 is 11.6 Å². The summed E-state index contributed by atoms with van der Waals surface area (Å²) in [5, 5.41) is 2.95. The van der Waals surface area contributed by atoms with Crippen LogP contribution in [0.15, 0.2) is 24.3 Å². The number of piperidine rings is 1. The van der Waals surface area contributed by atoms with Crippen molar-refractivity contribution < 1.29 is 14.3 Å². The Kier molecular flexibility index (Phi) is 8.58. The first-order valence-corrected chi connectivity index (χ1v) is 10.3. The molecule has 0 radical (unpaired) electrons. The molecule has 0 bridgehead atoms. The van der Waals surface area contributed by atoms with Crippen LogP contribution in [0.4, 0.5) is 5.69 Å². The van der Waals surface area contributed by atoms with Gasteiger partial charge in [-0.1, -0.05) is 26.7 Å². The molecule has 0 aromatic heterocycles. The van der Waals surface area contributed by atoms with E-state index in [1.807, 2.05) is 31.2 Å². The molecule has 1 aromatic carbocycles. The van der Waals surface area contributed by atoms with Crippen LogP contribution in [-0.2, 0) is 9.53 Å². The molecule has 1 heterocycles. The van der Waals surface area contributed by atoms with Crippen LogP contribution < -0.4 is 10.1 Å². The molecule has 5 nitrogen and oxygen atoms in total. The molecule has 0 saturated carbocycles. The number of carbonyl (C=O) groups is 1. The molecule has 152 valence electrons. The van der Waals surface area contributed by atoms with Gasteiger partial charge in [-0.2, -0.15) is 0 Å². The van der Waals surface area contributed by atoms with Gasteiger partial charge >= 0.3 is 0 Å². The number of amides is 1. The van der Waals surface area contributed by atoms with E-state index in [1.165, 1.54) is 25.9 Å². The van der Waals surface area contributed by atoms with Gasteiger partial charge in [0.05, 0.1) is 0 Å². The van der Waals surface area contributed by atoms with Crippen LogP contribution in [0, 0.1) is 5.92 Å². The smallest absolute Gasteiger partial charge is 0.256 e. The van der Waals surface area contributed by atoms with Gasteiger partial charge in [-0.05, 0) is 62.9 Å². The number of ether oxygens (including phenoxy) is 2. The fraction of sp³-hybridized carbons (Fsp3) is 0.682. The zero-order chi connectivity index (χ0) is 19.7. The quantitative estimate of drug-likeness (QED) is 0.660. The van der Waals surface area contributed by atoms with Gasteiger partial charge < -0.3 is 14.8 Å². The van der Waals surface area contributed by atoms with Crippen molar-refractivity contribution in [3.63, 3.8) is 0 Å². The largest absolute Gasteiger partial charge is 0.492 e. The van der Waals surface area contributed by atoms with Gasteiger partial charge in [-0.3, -0.25) is 9.69 Å². The van der Waals surface area contributed by atoms with Crippen LogP contribution in [0.3, 0.4) is 0 Å². The Morgan fingerprint density at radius 1 is 1.33 bits per heavy atom. The lowest BCUT2D eigenvalue weighted by Crippen LogP contribution is -2.41. The van der Waals surface area contributed by atoms with Gasteiger partial charge in [-0.25, -0.2) is 0 Å². The van der Waals surface area contributed by atoms with Gasteiger partial charge in [0.25, 0.3) is 5.91 Å². The second-order valence-corrected chi connectivity index (χ2v) is 7.91. The molecule has 5 heteroatoms. The third-order valence-electron chi connectivity index (χ3n) is 5.47. The molecule has 0 spiro atoms.